The van der Waals surface area contributed by atoms with Crippen molar-refractivity contribution in [1.82, 2.24) is 15.1 Å². The van der Waals surface area contributed by atoms with Crippen LogP contribution in [0, 0.1) is 0 Å². The molecule has 2 aliphatic rings. The van der Waals surface area contributed by atoms with Crippen molar-refractivity contribution in [3.63, 3.8) is 0 Å². The monoisotopic (exact) mass is 282 g/mol. The zero-order valence-corrected chi connectivity index (χ0v) is 13.4. The summed E-state index contributed by atoms with van der Waals surface area (Å²) in [4.78, 5) is 16.9. The summed E-state index contributed by atoms with van der Waals surface area (Å²) >= 11 is 0. The lowest BCUT2D eigenvalue weighted by Crippen LogP contribution is -2.58. The summed E-state index contributed by atoms with van der Waals surface area (Å²) in [6.07, 6.45) is 2.79. The summed E-state index contributed by atoms with van der Waals surface area (Å²) < 4.78 is 0. The van der Waals surface area contributed by atoms with Gasteiger partial charge in [-0.1, -0.05) is 0 Å². The zero-order chi connectivity index (χ0) is 14.9. The highest BCUT2D eigenvalue weighted by Crippen LogP contribution is 2.35. The molecular weight excluding hydrogens is 252 g/mol. The van der Waals surface area contributed by atoms with Crippen LogP contribution in [0.15, 0.2) is 0 Å². The molecule has 0 bridgehead atoms. The molecule has 5 nitrogen and oxygen atoms in total. The number of primary amides is 1. The van der Waals surface area contributed by atoms with Crippen LogP contribution in [0.1, 0.15) is 40.0 Å². The van der Waals surface area contributed by atoms with Crippen molar-refractivity contribution in [1.29, 1.82) is 0 Å². The van der Waals surface area contributed by atoms with Crippen LogP contribution in [-0.4, -0.2) is 66.1 Å². The molecule has 1 saturated heterocycles. The Kier molecular flexibility index (Phi) is 4.72. The van der Waals surface area contributed by atoms with Gasteiger partial charge in [0.25, 0.3) is 0 Å². The minimum absolute atomic E-state index is 0.185. The van der Waals surface area contributed by atoms with E-state index in [0.717, 1.165) is 38.9 Å². The van der Waals surface area contributed by atoms with E-state index >= 15 is 0 Å². The van der Waals surface area contributed by atoms with Crippen molar-refractivity contribution in [3.8, 4) is 0 Å². The number of likely N-dealkylation sites (N-methyl/N-ethyl adjacent to an activating group) is 1. The van der Waals surface area contributed by atoms with Gasteiger partial charge in [0.05, 0.1) is 5.54 Å². The lowest BCUT2D eigenvalue weighted by Gasteiger charge is -2.42. The van der Waals surface area contributed by atoms with Crippen LogP contribution in [0.5, 0.6) is 0 Å². The molecule has 1 saturated carbocycles. The normalized spacial score (nSPS) is 36.6. The standard InChI is InChI=1S/C15H30N4O/c1-11(2)17-15(14(16)20)6-5-13(9-15)19-8-7-18(4)10-12(19)3/h11-13,17H,5-10H2,1-4H3,(H2,16,20). The maximum atomic E-state index is 12.0. The summed E-state index contributed by atoms with van der Waals surface area (Å²) in [7, 11) is 2.18. The average molecular weight is 282 g/mol. The number of hydrogen-bond donors (Lipinski definition) is 2. The van der Waals surface area contributed by atoms with Gasteiger partial charge in [0, 0.05) is 37.8 Å². The molecule has 3 N–H and O–H groups in total. The van der Waals surface area contributed by atoms with E-state index in [9.17, 15) is 4.79 Å². The van der Waals surface area contributed by atoms with Crippen LogP contribution < -0.4 is 11.1 Å². The van der Waals surface area contributed by atoms with Gasteiger partial charge < -0.3 is 16.0 Å². The fourth-order valence-electron chi connectivity index (χ4n) is 3.98. The van der Waals surface area contributed by atoms with Gasteiger partial charge in [0.15, 0.2) is 0 Å². The van der Waals surface area contributed by atoms with Crippen molar-refractivity contribution in [3.05, 3.63) is 0 Å². The molecule has 20 heavy (non-hydrogen) atoms. The molecule has 1 amide bonds. The lowest BCUT2D eigenvalue weighted by molar-refractivity contribution is -0.124. The van der Waals surface area contributed by atoms with Gasteiger partial charge in [0.1, 0.15) is 0 Å². The van der Waals surface area contributed by atoms with E-state index < -0.39 is 5.54 Å². The fraction of sp³-hybridized carbons (Fsp3) is 0.933. The van der Waals surface area contributed by atoms with Crippen LogP contribution in [-0.2, 0) is 4.79 Å². The molecule has 0 radical (unpaired) electrons. The summed E-state index contributed by atoms with van der Waals surface area (Å²) in [5.74, 6) is -0.185. The number of amides is 1. The second kappa shape index (κ2) is 6.00. The third-order valence-electron chi connectivity index (χ3n) is 4.88. The number of carbonyl (C=O) groups excluding carboxylic acids is 1. The van der Waals surface area contributed by atoms with Gasteiger partial charge in [-0.25, -0.2) is 0 Å². The molecule has 1 aliphatic heterocycles. The largest absolute Gasteiger partial charge is 0.368 e. The fourth-order valence-corrected chi connectivity index (χ4v) is 3.98. The van der Waals surface area contributed by atoms with E-state index in [1.807, 2.05) is 0 Å². The van der Waals surface area contributed by atoms with Crippen molar-refractivity contribution >= 4 is 5.91 Å². The third kappa shape index (κ3) is 3.15. The SMILES string of the molecule is CC(C)NC1(C(N)=O)CCC(N2CCN(C)CC2C)C1. The van der Waals surface area contributed by atoms with Gasteiger partial charge in [0.2, 0.25) is 5.91 Å². The molecule has 3 unspecified atom stereocenters. The highest BCUT2D eigenvalue weighted by Gasteiger charge is 2.46. The van der Waals surface area contributed by atoms with Crippen molar-refractivity contribution in [2.24, 2.45) is 5.73 Å². The summed E-state index contributed by atoms with van der Waals surface area (Å²) in [5.41, 5.74) is 5.20. The first-order valence-electron chi connectivity index (χ1n) is 7.86. The lowest BCUT2D eigenvalue weighted by atomic mass is 9.94. The highest BCUT2D eigenvalue weighted by molar-refractivity contribution is 5.85. The van der Waals surface area contributed by atoms with Crippen LogP contribution in [0.3, 0.4) is 0 Å². The van der Waals surface area contributed by atoms with Crippen LogP contribution in [0.4, 0.5) is 0 Å². The average Bonchev–Trinajstić information content (AvgIpc) is 2.73. The number of carbonyl (C=O) groups is 1. The molecule has 0 aromatic carbocycles. The third-order valence-corrected chi connectivity index (χ3v) is 4.88. The van der Waals surface area contributed by atoms with Gasteiger partial charge in [-0.2, -0.15) is 0 Å². The molecule has 0 spiro atoms. The molecule has 1 aliphatic carbocycles. The predicted molar refractivity (Wildman–Crippen MR) is 81.5 cm³/mol. The molecule has 1 heterocycles. The van der Waals surface area contributed by atoms with E-state index in [2.05, 4.69) is 42.9 Å². The maximum Gasteiger partial charge on any atom is 0.237 e. The Morgan fingerprint density at radius 1 is 1.40 bits per heavy atom. The van der Waals surface area contributed by atoms with E-state index in [1.54, 1.807) is 0 Å². The van der Waals surface area contributed by atoms with Gasteiger partial charge >= 0.3 is 0 Å². The van der Waals surface area contributed by atoms with E-state index in [1.165, 1.54) is 0 Å². The minimum atomic E-state index is -0.498. The van der Waals surface area contributed by atoms with Crippen molar-refractivity contribution in [2.45, 2.75) is 63.7 Å². The molecular formula is C15H30N4O. The van der Waals surface area contributed by atoms with Gasteiger partial charge in [-0.3, -0.25) is 9.69 Å². The first-order valence-corrected chi connectivity index (χ1v) is 7.86. The second-order valence-electron chi connectivity index (χ2n) is 6.99. The Hall–Kier alpha value is -0.650. The van der Waals surface area contributed by atoms with Crippen LogP contribution >= 0.6 is 0 Å². The molecule has 2 rings (SSSR count). The van der Waals surface area contributed by atoms with Gasteiger partial charge in [-0.05, 0) is 47.1 Å². The number of nitrogens with one attached hydrogen (secondary N) is 1. The Morgan fingerprint density at radius 3 is 2.65 bits per heavy atom. The van der Waals surface area contributed by atoms with Crippen molar-refractivity contribution < 1.29 is 4.79 Å². The summed E-state index contributed by atoms with van der Waals surface area (Å²) in [6.45, 7) is 9.77. The van der Waals surface area contributed by atoms with Crippen molar-refractivity contribution in [2.75, 3.05) is 26.7 Å². The number of piperazine rings is 1. The Balaban J connectivity index is 2.04. The van der Waals surface area contributed by atoms with E-state index in [-0.39, 0.29) is 11.9 Å². The molecule has 2 fully saturated rings. The molecule has 116 valence electrons. The van der Waals surface area contributed by atoms with Crippen LogP contribution in [0.25, 0.3) is 0 Å². The van der Waals surface area contributed by atoms with E-state index in [4.69, 9.17) is 5.73 Å². The molecule has 0 aromatic rings. The second-order valence-corrected chi connectivity index (χ2v) is 6.99. The minimum Gasteiger partial charge on any atom is -0.368 e. The zero-order valence-electron chi connectivity index (χ0n) is 13.4. The Bertz CT molecular complexity index is 360. The molecule has 5 heteroatoms. The molecule has 0 aromatic heterocycles. The predicted octanol–water partition coefficient (Wildman–Crippen LogP) is 0.397. The summed E-state index contributed by atoms with van der Waals surface area (Å²) in [6, 6.07) is 1.32. The first kappa shape index (κ1) is 15.7. The summed E-state index contributed by atoms with van der Waals surface area (Å²) in [5, 5.41) is 3.44. The molecule has 3 atom stereocenters. The number of nitrogens with zero attached hydrogens (tertiary/aromatic N) is 2. The first-order chi connectivity index (χ1) is 9.34. The highest BCUT2D eigenvalue weighted by atomic mass is 16.1. The Morgan fingerprint density at radius 2 is 2.10 bits per heavy atom. The topological polar surface area (TPSA) is 61.6 Å². The quantitative estimate of drug-likeness (QED) is 0.783. The maximum absolute atomic E-state index is 12.0. The number of nitrogens with two attached hydrogens (primary N) is 1. The number of rotatable bonds is 4. The Labute approximate surface area is 122 Å². The smallest absolute Gasteiger partial charge is 0.237 e. The van der Waals surface area contributed by atoms with Crippen LogP contribution in [0.2, 0.25) is 0 Å². The van der Waals surface area contributed by atoms with E-state index in [0.29, 0.717) is 12.1 Å². The number of hydrogen-bond acceptors (Lipinski definition) is 4. The van der Waals surface area contributed by atoms with Gasteiger partial charge in [-0.15, -0.1) is 0 Å².